The van der Waals surface area contributed by atoms with Crippen LogP contribution in [0.25, 0.3) is 0 Å². The molecule has 0 aliphatic rings. The van der Waals surface area contributed by atoms with Gasteiger partial charge < -0.3 is 0 Å². The minimum Gasteiger partial charge on any atom is -0.294 e. The van der Waals surface area contributed by atoms with E-state index in [4.69, 9.17) is 16.9 Å². The number of ketones is 1. The van der Waals surface area contributed by atoms with Gasteiger partial charge in [-0.15, -0.1) is 0 Å². The van der Waals surface area contributed by atoms with Gasteiger partial charge in [-0.25, -0.2) is 4.39 Å². The zero-order chi connectivity index (χ0) is 11.4. The first-order valence-electron chi connectivity index (χ1n) is 4.43. The number of benzene rings is 1. The molecule has 1 aromatic rings. The number of nitriles is 1. The molecule has 1 rings (SSSR count). The average molecular weight is 226 g/mol. The molecule has 1 aromatic carbocycles. The van der Waals surface area contributed by atoms with Gasteiger partial charge in [0.05, 0.1) is 16.7 Å². The van der Waals surface area contributed by atoms with Gasteiger partial charge in [0, 0.05) is 12.3 Å². The molecule has 0 aliphatic carbocycles. The highest BCUT2D eigenvalue weighted by molar-refractivity contribution is 6.31. The van der Waals surface area contributed by atoms with E-state index in [9.17, 15) is 9.18 Å². The summed E-state index contributed by atoms with van der Waals surface area (Å²) in [6.45, 7) is 1.59. The second kappa shape index (κ2) is 4.90. The molecular formula is C11H9ClFNO. The van der Waals surface area contributed by atoms with Gasteiger partial charge >= 0.3 is 0 Å². The zero-order valence-electron chi connectivity index (χ0n) is 8.13. The highest BCUT2D eigenvalue weighted by Gasteiger charge is 2.19. The molecule has 0 aliphatic heterocycles. The van der Waals surface area contributed by atoms with Crippen molar-refractivity contribution in [3.63, 3.8) is 0 Å². The lowest BCUT2D eigenvalue weighted by atomic mass is 9.97. The average Bonchev–Trinajstić information content (AvgIpc) is 2.21. The molecular weight excluding hydrogens is 217 g/mol. The Bertz CT molecular complexity index is 425. The Kier molecular flexibility index (Phi) is 3.81. The molecule has 0 radical (unpaired) electrons. The van der Waals surface area contributed by atoms with Crippen molar-refractivity contribution in [2.75, 3.05) is 0 Å². The van der Waals surface area contributed by atoms with Crippen LogP contribution in [-0.2, 0) is 0 Å². The van der Waals surface area contributed by atoms with Gasteiger partial charge in [-0.3, -0.25) is 4.79 Å². The number of nitrogens with zero attached hydrogens (tertiary/aromatic N) is 1. The Hall–Kier alpha value is -1.40. The van der Waals surface area contributed by atoms with Crippen molar-refractivity contribution in [2.24, 2.45) is 5.92 Å². The van der Waals surface area contributed by atoms with E-state index in [1.807, 2.05) is 6.07 Å². The second-order valence-corrected chi connectivity index (χ2v) is 3.64. The van der Waals surface area contributed by atoms with Crippen LogP contribution in [0.3, 0.4) is 0 Å². The minimum atomic E-state index is -0.714. The van der Waals surface area contributed by atoms with Crippen molar-refractivity contribution in [1.29, 1.82) is 5.26 Å². The van der Waals surface area contributed by atoms with Gasteiger partial charge in [-0.05, 0) is 12.1 Å². The molecule has 15 heavy (non-hydrogen) atoms. The summed E-state index contributed by atoms with van der Waals surface area (Å²) in [5.41, 5.74) is -0.0507. The summed E-state index contributed by atoms with van der Waals surface area (Å²) >= 11 is 5.55. The first-order valence-corrected chi connectivity index (χ1v) is 4.81. The standard InChI is InChI=1S/C11H9ClFNO/c1-7(5-6-14)11(15)8-3-2-4-9(12)10(8)13/h2-4,7H,5H2,1H3. The normalized spacial score (nSPS) is 11.9. The fourth-order valence-electron chi connectivity index (χ4n) is 1.19. The monoisotopic (exact) mass is 225 g/mol. The Morgan fingerprint density at radius 2 is 2.33 bits per heavy atom. The van der Waals surface area contributed by atoms with Crippen LogP contribution in [0.2, 0.25) is 5.02 Å². The topological polar surface area (TPSA) is 40.9 Å². The first-order chi connectivity index (χ1) is 7.07. The maximum atomic E-state index is 13.4. The Morgan fingerprint density at radius 3 is 2.93 bits per heavy atom. The number of carbonyl (C=O) groups excluding carboxylic acids is 1. The molecule has 0 aromatic heterocycles. The van der Waals surface area contributed by atoms with Gasteiger partial charge in [0.25, 0.3) is 0 Å². The summed E-state index contributed by atoms with van der Waals surface area (Å²) in [6, 6.07) is 6.14. The maximum Gasteiger partial charge on any atom is 0.169 e. The SMILES string of the molecule is CC(CC#N)C(=O)c1cccc(Cl)c1F. The number of hydrogen-bond acceptors (Lipinski definition) is 2. The number of hydrogen-bond donors (Lipinski definition) is 0. The molecule has 0 saturated heterocycles. The molecule has 0 amide bonds. The highest BCUT2D eigenvalue weighted by Crippen LogP contribution is 2.21. The van der Waals surface area contributed by atoms with Crippen molar-refractivity contribution >= 4 is 17.4 Å². The van der Waals surface area contributed by atoms with Gasteiger partial charge in [-0.1, -0.05) is 24.6 Å². The zero-order valence-corrected chi connectivity index (χ0v) is 8.88. The minimum absolute atomic E-state index is 0.0507. The van der Waals surface area contributed by atoms with Crippen molar-refractivity contribution in [2.45, 2.75) is 13.3 Å². The lowest BCUT2D eigenvalue weighted by molar-refractivity contribution is 0.0928. The molecule has 0 heterocycles. The summed E-state index contributed by atoms with van der Waals surface area (Å²) in [6.07, 6.45) is 0.0742. The van der Waals surface area contributed by atoms with Gasteiger partial charge in [0.1, 0.15) is 0 Å². The van der Waals surface area contributed by atoms with E-state index in [0.717, 1.165) is 0 Å². The molecule has 0 fully saturated rings. The van der Waals surface area contributed by atoms with E-state index in [0.29, 0.717) is 0 Å². The maximum absolute atomic E-state index is 13.4. The van der Waals surface area contributed by atoms with E-state index in [2.05, 4.69) is 0 Å². The van der Waals surface area contributed by atoms with E-state index >= 15 is 0 Å². The molecule has 0 saturated carbocycles. The predicted molar refractivity (Wildman–Crippen MR) is 55.1 cm³/mol. The van der Waals surface area contributed by atoms with Crippen LogP contribution in [0.15, 0.2) is 18.2 Å². The predicted octanol–water partition coefficient (Wildman–Crippen LogP) is 3.21. The van der Waals surface area contributed by atoms with Crippen LogP contribution in [0.5, 0.6) is 0 Å². The van der Waals surface area contributed by atoms with Crippen molar-refractivity contribution < 1.29 is 9.18 Å². The van der Waals surface area contributed by atoms with E-state index < -0.39 is 17.5 Å². The fraction of sp³-hybridized carbons (Fsp3) is 0.273. The summed E-state index contributed by atoms with van der Waals surface area (Å²) < 4.78 is 13.4. The largest absolute Gasteiger partial charge is 0.294 e. The first kappa shape index (κ1) is 11.7. The summed E-state index contributed by atoms with van der Waals surface area (Å²) in [5, 5.41) is 8.36. The smallest absolute Gasteiger partial charge is 0.169 e. The fourth-order valence-corrected chi connectivity index (χ4v) is 1.36. The van der Waals surface area contributed by atoms with Crippen LogP contribution in [0, 0.1) is 23.1 Å². The van der Waals surface area contributed by atoms with E-state index in [1.165, 1.54) is 18.2 Å². The van der Waals surface area contributed by atoms with E-state index in [-0.39, 0.29) is 17.0 Å². The Balaban J connectivity index is 3.02. The van der Waals surface area contributed by atoms with Gasteiger partial charge in [-0.2, -0.15) is 5.26 Å². The summed E-state index contributed by atoms with van der Waals surface area (Å²) in [7, 11) is 0. The van der Waals surface area contributed by atoms with Crippen LogP contribution in [0.1, 0.15) is 23.7 Å². The van der Waals surface area contributed by atoms with E-state index in [1.54, 1.807) is 6.92 Å². The number of rotatable bonds is 3. The second-order valence-electron chi connectivity index (χ2n) is 3.23. The lowest BCUT2D eigenvalue weighted by Crippen LogP contribution is -2.12. The van der Waals surface area contributed by atoms with Gasteiger partial charge in [0.2, 0.25) is 0 Å². The lowest BCUT2D eigenvalue weighted by Gasteiger charge is -2.07. The molecule has 1 atom stereocenters. The summed E-state index contributed by atoms with van der Waals surface area (Å²) in [5.74, 6) is -1.62. The quantitative estimate of drug-likeness (QED) is 0.741. The molecule has 1 unspecified atom stereocenters. The highest BCUT2D eigenvalue weighted by atomic mass is 35.5. The van der Waals surface area contributed by atoms with Crippen LogP contribution in [-0.4, -0.2) is 5.78 Å². The van der Waals surface area contributed by atoms with Crippen molar-refractivity contribution in [3.8, 4) is 6.07 Å². The third-order valence-corrected chi connectivity index (χ3v) is 2.35. The van der Waals surface area contributed by atoms with Crippen LogP contribution < -0.4 is 0 Å². The molecule has 78 valence electrons. The van der Waals surface area contributed by atoms with Crippen LogP contribution in [0.4, 0.5) is 4.39 Å². The molecule has 4 heteroatoms. The number of Topliss-reactive ketones (excluding diaryl/α,β-unsaturated/α-hetero) is 1. The van der Waals surface area contributed by atoms with Gasteiger partial charge in [0.15, 0.2) is 11.6 Å². The third kappa shape index (κ3) is 2.54. The molecule has 0 N–H and O–H groups in total. The number of carbonyl (C=O) groups is 1. The third-order valence-electron chi connectivity index (χ3n) is 2.06. The summed E-state index contributed by atoms with van der Waals surface area (Å²) in [4.78, 5) is 11.7. The Morgan fingerprint density at radius 1 is 1.67 bits per heavy atom. The Labute approximate surface area is 92.3 Å². The molecule has 0 bridgehead atoms. The van der Waals surface area contributed by atoms with Crippen molar-refractivity contribution in [1.82, 2.24) is 0 Å². The van der Waals surface area contributed by atoms with Crippen molar-refractivity contribution in [3.05, 3.63) is 34.6 Å². The molecule has 2 nitrogen and oxygen atoms in total. The molecule has 0 spiro atoms. The number of halogens is 2. The van der Waals surface area contributed by atoms with Crippen LogP contribution >= 0.6 is 11.6 Å².